The second-order valence-electron chi connectivity index (χ2n) is 19.3. The molecule has 73 heavy (non-hydrogen) atoms. The summed E-state index contributed by atoms with van der Waals surface area (Å²) in [5.41, 5.74) is 0. The Labute approximate surface area is 446 Å². The molecule has 9 nitrogen and oxygen atoms in total. The monoisotopic (exact) mass is 1030 g/mol. The van der Waals surface area contributed by atoms with Gasteiger partial charge in [0.15, 0.2) is 0 Å². The van der Waals surface area contributed by atoms with Crippen molar-refractivity contribution in [1.82, 2.24) is 5.32 Å². The maximum absolute atomic E-state index is 13.5. The SMILES string of the molecule is CC\C=C/C=C/C=C/C=C\C=C\C=C\CCCCCC(=O)NC(COP(=O)([O-])OCC[N+](C)(C)C)C(/C=C/CCCCCCCCCCCCC)OC(=O)CCCCC/C=C/C=C/C=C\C=C\C=C\C=C/CC. The minimum Gasteiger partial charge on any atom is -0.756 e. The number of unbranched alkanes of at least 4 members (excludes halogenated alkanes) is 17. The maximum atomic E-state index is 13.5. The molecule has 1 N–H and O–H groups in total. The average Bonchev–Trinajstić information content (AvgIpc) is 3.35. The minimum atomic E-state index is -4.73. The van der Waals surface area contributed by atoms with Crippen molar-refractivity contribution in [3.05, 3.63) is 158 Å². The fourth-order valence-electron chi connectivity index (χ4n) is 6.99. The lowest BCUT2D eigenvalue weighted by Gasteiger charge is -2.30. The third-order valence-corrected chi connectivity index (χ3v) is 12.2. The molecule has 0 saturated carbocycles. The number of rotatable bonds is 47. The first-order chi connectivity index (χ1) is 35.4. The lowest BCUT2D eigenvalue weighted by atomic mass is 10.0. The quantitative estimate of drug-likeness (QED) is 0.0161. The highest BCUT2D eigenvalue weighted by atomic mass is 31.2. The number of phosphoric ester groups is 1. The van der Waals surface area contributed by atoms with Crippen LogP contribution in [0, 0.1) is 0 Å². The zero-order chi connectivity index (χ0) is 53.6. The molecule has 0 aliphatic heterocycles. The molecule has 1 amide bonds. The van der Waals surface area contributed by atoms with E-state index in [0.717, 1.165) is 70.6 Å². The molecular formula is C63H101N2O7P. The van der Waals surface area contributed by atoms with Gasteiger partial charge in [-0.3, -0.25) is 14.2 Å². The van der Waals surface area contributed by atoms with Crippen molar-refractivity contribution in [3.63, 3.8) is 0 Å². The first-order valence-corrected chi connectivity index (χ1v) is 29.4. The normalized spacial score (nSPS) is 15.0. The first-order valence-electron chi connectivity index (χ1n) is 28.0. The van der Waals surface area contributed by atoms with Crippen LogP contribution in [0.15, 0.2) is 158 Å². The maximum Gasteiger partial charge on any atom is 0.306 e. The molecule has 0 saturated heterocycles. The Morgan fingerprint density at radius 2 is 0.877 bits per heavy atom. The van der Waals surface area contributed by atoms with Crippen LogP contribution in [-0.4, -0.2) is 69.4 Å². The largest absolute Gasteiger partial charge is 0.756 e. The van der Waals surface area contributed by atoms with Gasteiger partial charge in [-0.1, -0.05) is 250 Å². The van der Waals surface area contributed by atoms with Gasteiger partial charge in [-0.15, -0.1) is 0 Å². The minimum absolute atomic E-state index is 0.0496. The van der Waals surface area contributed by atoms with E-state index in [0.29, 0.717) is 23.9 Å². The zero-order valence-corrected chi connectivity index (χ0v) is 47.4. The number of nitrogens with one attached hydrogen (secondary N) is 1. The second-order valence-corrected chi connectivity index (χ2v) is 20.7. The molecule has 0 aliphatic rings. The van der Waals surface area contributed by atoms with E-state index >= 15 is 0 Å². The second kappa shape index (κ2) is 51.1. The number of allylic oxidation sites excluding steroid dienone is 25. The molecule has 0 spiro atoms. The molecule has 10 heteroatoms. The molecule has 0 aromatic carbocycles. The van der Waals surface area contributed by atoms with Crippen molar-refractivity contribution in [2.24, 2.45) is 0 Å². The molecule has 0 fully saturated rings. The van der Waals surface area contributed by atoms with Gasteiger partial charge in [0.05, 0.1) is 33.8 Å². The van der Waals surface area contributed by atoms with Gasteiger partial charge >= 0.3 is 5.97 Å². The molecular weight excluding hydrogens is 928 g/mol. The van der Waals surface area contributed by atoms with Gasteiger partial charge in [-0.05, 0) is 70.3 Å². The van der Waals surface area contributed by atoms with Crippen molar-refractivity contribution in [1.29, 1.82) is 0 Å². The summed E-state index contributed by atoms with van der Waals surface area (Å²) in [4.78, 5) is 39.8. The predicted octanol–water partition coefficient (Wildman–Crippen LogP) is 16.2. The van der Waals surface area contributed by atoms with Crippen molar-refractivity contribution in [3.8, 4) is 0 Å². The van der Waals surface area contributed by atoms with Gasteiger partial charge in [0.2, 0.25) is 5.91 Å². The Hall–Kier alpha value is -4.37. The summed E-state index contributed by atoms with van der Waals surface area (Å²) in [5, 5.41) is 2.98. The molecule has 0 bridgehead atoms. The molecule has 0 radical (unpaired) electrons. The van der Waals surface area contributed by atoms with Crippen LogP contribution in [0.4, 0.5) is 0 Å². The average molecular weight is 1030 g/mol. The number of ether oxygens (including phenoxy) is 1. The van der Waals surface area contributed by atoms with Crippen LogP contribution in [0.1, 0.15) is 175 Å². The van der Waals surface area contributed by atoms with Crippen LogP contribution >= 0.6 is 7.82 Å². The zero-order valence-electron chi connectivity index (χ0n) is 46.5. The fourth-order valence-corrected chi connectivity index (χ4v) is 7.72. The predicted molar refractivity (Wildman–Crippen MR) is 311 cm³/mol. The van der Waals surface area contributed by atoms with Crippen molar-refractivity contribution < 1.29 is 37.3 Å². The number of amides is 1. The highest BCUT2D eigenvalue weighted by molar-refractivity contribution is 7.45. The van der Waals surface area contributed by atoms with Crippen LogP contribution in [0.5, 0.6) is 0 Å². The molecule has 0 rings (SSSR count). The summed E-state index contributed by atoms with van der Waals surface area (Å²) in [6.45, 7) is 6.44. The van der Waals surface area contributed by atoms with E-state index in [1.807, 2.05) is 149 Å². The Balaban J connectivity index is 5.61. The number of likely N-dealkylation sites (N-methyl/N-ethyl adjacent to an activating group) is 1. The van der Waals surface area contributed by atoms with Gasteiger partial charge in [-0.25, -0.2) is 0 Å². The molecule has 0 heterocycles. The van der Waals surface area contributed by atoms with E-state index in [1.54, 1.807) is 6.08 Å². The number of nitrogens with zero attached hydrogens (tertiary/aromatic N) is 1. The summed E-state index contributed by atoms with van der Waals surface area (Å²) < 4.78 is 30.1. The molecule has 0 aromatic rings. The van der Waals surface area contributed by atoms with E-state index in [9.17, 15) is 19.0 Å². The first kappa shape index (κ1) is 68.6. The lowest BCUT2D eigenvalue weighted by Crippen LogP contribution is -2.47. The highest BCUT2D eigenvalue weighted by Crippen LogP contribution is 2.38. The van der Waals surface area contributed by atoms with Crippen LogP contribution < -0.4 is 10.2 Å². The van der Waals surface area contributed by atoms with Crippen LogP contribution in [0.25, 0.3) is 0 Å². The Kier molecular flexibility index (Phi) is 48.1. The van der Waals surface area contributed by atoms with Gasteiger partial charge < -0.3 is 28.5 Å². The highest BCUT2D eigenvalue weighted by Gasteiger charge is 2.27. The fraction of sp³-hybridized carbons (Fsp3) is 0.556. The van der Waals surface area contributed by atoms with Crippen LogP contribution in [0.3, 0.4) is 0 Å². The number of hydrogen-bond acceptors (Lipinski definition) is 7. The number of quaternary nitrogens is 1. The van der Waals surface area contributed by atoms with Crippen LogP contribution in [0.2, 0.25) is 0 Å². The van der Waals surface area contributed by atoms with Gasteiger partial charge in [-0.2, -0.15) is 0 Å². The van der Waals surface area contributed by atoms with Gasteiger partial charge in [0.1, 0.15) is 19.3 Å². The van der Waals surface area contributed by atoms with E-state index in [2.05, 4.69) is 50.4 Å². The summed E-state index contributed by atoms with van der Waals surface area (Å²) in [5.74, 6) is -0.661. The number of esters is 1. The Morgan fingerprint density at radius 3 is 1.32 bits per heavy atom. The smallest absolute Gasteiger partial charge is 0.306 e. The molecule has 3 unspecified atom stereocenters. The van der Waals surface area contributed by atoms with Crippen molar-refractivity contribution in [2.45, 2.75) is 187 Å². The number of phosphoric acid groups is 1. The van der Waals surface area contributed by atoms with E-state index in [1.165, 1.54) is 57.8 Å². The van der Waals surface area contributed by atoms with Gasteiger partial charge in [0.25, 0.3) is 7.82 Å². The third kappa shape index (κ3) is 52.3. The van der Waals surface area contributed by atoms with E-state index in [4.69, 9.17) is 13.8 Å². The summed E-state index contributed by atoms with van der Waals surface area (Å²) >= 11 is 0. The lowest BCUT2D eigenvalue weighted by molar-refractivity contribution is -0.870. The molecule has 0 aromatic heterocycles. The topological polar surface area (TPSA) is 114 Å². The standard InChI is InChI=1S/C63H101N2O7P/c1-7-10-13-16-19-22-25-28-30-32-34-37-40-43-46-49-52-55-62(66)64-60(59-71-73(68,69)70-58-57-65(4,5)6)61(54-51-48-45-42-39-36-27-24-21-18-15-12-9-3)72-63(67)56-53-50-47-44-41-38-35-33-31-29-26-23-20-17-14-11-8-2/h10-11,13-14,16-17,19-20,22-23,25-26,28-35,37-38,40-41,51,54,60-61H,7-9,12,15,18,21,24,27,36,39,42-50,52-53,55-59H2,1-6H3,(H-,64,66,68,69)/b13-10-,14-11-,19-16+,20-17+,25-22+,26-23+,30-28-,31-29-,34-32+,35-33+,40-37+,41-38+,54-51+. The van der Waals surface area contributed by atoms with Crippen molar-refractivity contribution in [2.75, 3.05) is 40.9 Å². The number of carbonyl (C=O) groups is 2. The number of hydrogen-bond donors (Lipinski definition) is 1. The van der Waals surface area contributed by atoms with Crippen LogP contribution in [-0.2, 0) is 27.9 Å². The third-order valence-electron chi connectivity index (χ3n) is 11.3. The van der Waals surface area contributed by atoms with E-state index in [-0.39, 0.29) is 25.4 Å². The molecule has 3 atom stereocenters. The summed E-state index contributed by atoms with van der Waals surface area (Å²) in [7, 11) is 1.09. The van der Waals surface area contributed by atoms with E-state index < -0.39 is 32.5 Å². The van der Waals surface area contributed by atoms with Gasteiger partial charge in [0, 0.05) is 12.8 Å². The summed E-state index contributed by atoms with van der Waals surface area (Å²) in [6, 6.07) is -0.943. The Morgan fingerprint density at radius 1 is 0.493 bits per heavy atom. The number of carbonyl (C=O) groups excluding carboxylic acids is 2. The molecule has 0 aliphatic carbocycles. The van der Waals surface area contributed by atoms with Crippen molar-refractivity contribution >= 4 is 19.7 Å². The Bertz CT molecular complexity index is 1800. The summed E-state index contributed by atoms with van der Waals surface area (Å²) in [6.07, 6.45) is 74.9. The molecule has 410 valence electrons.